The van der Waals surface area contributed by atoms with Gasteiger partial charge in [-0.1, -0.05) is 77.9 Å². The highest BCUT2D eigenvalue weighted by Crippen LogP contribution is 2.26. The van der Waals surface area contributed by atoms with Crippen molar-refractivity contribution >= 4 is 86.6 Å². The lowest BCUT2D eigenvalue weighted by Crippen LogP contribution is -2.61. The molecular formula is C46H65N13O11S2. The molecule has 4 rings (SSSR count). The number of benzene rings is 2. The molecule has 2 saturated heterocycles. The number of primary amides is 2. The Kier molecular flexibility index (Phi) is 22.9. The fraction of sp³-hybridized carbons (Fsp3) is 0.500. The molecule has 0 saturated carbocycles. The van der Waals surface area contributed by atoms with E-state index in [0.717, 1.165) is 21.6 Å². The van der Waals surface area contributed by atoms with Gasteiger partial charge in [-0.25, -0.2) is 0 Å². The number of guanidine groups is 1. The van der Waals surface area contributed by atoms with Gasteiger partial charge >= 0.3 is 0 Å². The van der Waals surface area contributed by atoms with E-state index in [-0.39, 0.29) is 74.8 Å². The third-order valence-electron chi connectivity index (χ3n) is 11.4. The van der Waals surface area contributed by atoms with E-state index >= 15 is 0 Å². The Labute approximate surface area is 424 Å². The fourth-order valence-corrected chi connectivity index (χ4v) is 9.88. The Bertz CT molecular complexity index is 2290. The predicted octanol–water partition coefficient (Wildman–Crippen LogP) is -2.95. The van der Waals surface area contributed by atoms with E-state index in [4.69, 9.17) is 22.9 Å². The molecule has 2 aliphatic rings. The van der Waals surface area contributed by atoms with Gasteiger partial charge in [-0.3, -0.25) is 52.9 Å². The number of phenols is 1. The topological polar surface area (TPSA) is 395 Å². The van der Waals surface area contributed by atoms with Crippen molar-refractivity contribution in [3.8, 4) is 5.75 Å². The average molecular weight is 1040 g/mol. The summed E-state index contributed by atoms with van der Waals surface area (Å²) in [6.07, 6.45) is -0.110. The standard InChI is InChI=1S/C46H65N13O11S2/c1-25(2)38-44(69)56-32(22-35(47)61)41(66)57-33(45(70)59-18-7-11-34(59)43(68)54-29(10-6-17-51-46(49)50)39(64)52-23-36(48)62)24-72-71-19-16-37(63)53-30(21-27-12-14-28(60)15-13-27)40(65)55-31(42(67)58-38)20-26-8-4-3-5-9-26/h3-5,8-9,12-15,25,29-34,38,60H,6-7,10-11,16-24H2,1-2H3,(H2,47,61)(H2,48,62)(H,52,64)(H,53,63)(H,54,68)(H,55,65)(H,56,69)(H,57,66)(H,58,67)(H4,49,50,51)/t29-,30+,31-,32-,33-,34+,38+/m0/s1. The number of nitrogens with one attached hydrogen (secondary N) is 7. The molecule has 72 heavy (non-hydrogen) atoms. The second kappa shape index (κ2) is 28.7. The maximum Gasteiger partial charge on any atom is 0.246 e. The van der Waals surface area contributed by atoms with Crippen LogP contribution in [0, 0.1) is 5.92 Å². The predicted molar refractivity (Wildman–Crippen MR) is 269 cm³/mol. The van der Waals surface area contributed by atoms with E-state index in [1.54, 1.807) is 56.3 Å². The molecule has 0 spiro atoms. The van der Waals surface area contributed by atoms with Gasteiger partial charge in [-0.15, -0.1) is 0 Å². The molecule has 2 fully saturated rings. The lowest BCUT2D eigenvalue weighted by atomic mass is 9.99. The molecule has 2 heterocycles. The Morgan fingerprint density at radius 1 is 0.778 bits per heavy atom. The van der Waals surface area contributed by atoms with Crippen molar-refractivity contribution in [2.75, 3.05) is 31.1 Å². The van der Waals surface area contributed by atoms with E-state index < -0.39 is 120 Å². The zero-order valence-corrected chi connectivity index (χ0v) is 41.7. The van der Waals surface area contributed by atoms with Gasteiger partial charge in [0.2, 0.25) is 59.1 Å². The molecule has 2 aliphatic heterocycles. The molecule has 0 bridgehead atoms. The Balaban J connectivity index is 1.66. The number of nitrogens with zero attached hydrogens (tertiary/aromatic N) is 2. The van der Waals surface area contributed by atoms with E-state index in [0.29, 0.717) is 17.5 Å². The van der Waals surface area contributed by atoms with Crippen LogP contribution in [0.2, 0.25) is 0 Å². The van der Waals surface area contributed by atoms with Gasteiger partial charge in [0.25, 0.3) is 0 Å². The molecule has 26 heteroatoms. The normalized spacial score (nSPS) is 22.2. The minimum Gasteiger partial charge on any atom is -0.508 e. The van der Waals surface area contributed by atoms with E-state index in [1.165, 1.54) is 17.0 Å². The third-order valence-corrected chi connectivity index (χ3v) is 13.8. The van der Waals surface area contributed by atoms with Gasteiger partial charge in [-0.2, -0.15) is 0 Å². The molecule has 0 aromatic heterocycles. The number of aliphatic imine (C=N–C) groups is 1. The first-order valence-corrected chi connectivity index (χ1v) is 25.8. The van der Waals surface area contributed by atoms with Crippen LogP contribution in [0.15, 0.2) is 59.6 Å². The van der Waals surface area contributed by atoms with Gasteiger partial charge in [-0.05, 0) is 54.9 Å². The van der Waals surface area contributed by atoms with Crippen molar-refractivity contribution < 1.29 is 53.1 Å². The number of nitrogens with two attached hydrogens (primary N) is 4. The van der Waals surface area contributed by atoms with Crippen LogP contribution in [-0.4, -0.2) is 148 Å². The van der Waals surface area contributed by atoms with Crippen molar-refractivity contribution in [1.29, 1.82) is 0 Å². The minimum atomic E-state index is -1.66. The van der Waals surface area contributed by atoms with Crippen molar-refractivity contribution in [2.24, 2.45) is 33.8 Å². The molecule has 0 unspecified atom stereocenters. The first-order valence-electron chi connectivity index (χ1n) is 23.3. The zero-order chi connectivity index (χ0) is 52.9. The van der Waals surface area contributed by atoms with E-state index in [1.807, 2.05) is 0 Å². The number of phenolic OH excluding ortho intramolecular Hbond substituents is 1. The molecule has 0 radical (unpaired) electrons. The number of carbonyl (C=O) groups is 10. The van der Waals surface area contributed by atoms with Crippen LogP contribution in [0.5, 0.6) is 5.75 Å². The molecule has 2 aromatic rings. The number of hydrogen-bond donors (Lipinski definition) is 12. The van der Waals surface area contributed by atoms with E-state index in [9.17, 15) is 53.1 Å². The number of aromatic hydroxyl groups is 1. The Morgan fingerprint density at radius 3 is 2.04 bits per heavy atom. The number of likely N-dealkylation sites (tertiary alicyclic amines) is 1. The van der Waals surface area contributed by atoms with Crippen LogP contribution >= 0.6 is 21.6 Å². The monoisotopic (exact) mass is 1040 g/mol. The first kappa shape index (κ1) is 57.5. The zero-order valence-electron chi connectivity index (χ0n) is 40.1. The molecule has 16 N–H and O–H groups in total. The summed E-state index contributed by atoms with van der Waals surface area (Å²) < 4.78 is 0. The summed E-state index contributed by atoms with van der Waals surface area (Å²) >= 11 is 0. The second-order valence-electron chi connectivity index (χ2n) is 17.5. The molecular weight excluding hydrogens is 975 g/mol. The smallest absolute Gasteiger partial charge is 0.246 e. The Morgan fingerprint density at radius 2 is 1.40 bits per heavy atom. The van der Waals surface area contributed by atoms with Gasteiger partial charge in [0.05, 0.1) is 13.0 Å². The van der Waals surface area contributed by atoms with Crippen LogP contribution in [0.3, 0.4) is 0 Å². The quantitative estimate of drug-likeness (QED) is 0.0326. The van der Waals surface area contributed by atoms with Crippen molar-refractivity contribution in [3.05, 3.63) is 65.7 Å². The highest BCUT2D eigenvalue weighted by Gasteiger charge is 2.40. The number of amides is 10. The van der Waals surface area contributed by atoms with Gasteiger partial charge in [0.15, 0.2) is 5.96 Å². The van der Waals surface area contributed by atoms with Crippen LogP contribution in [-0.2, 0) is 60.8 Å². The summed E-state index contributed by atoms with van der Waals surface area (Å²) in [5.74, 6) is -8.72. The number of hydrogen-bond acceptors (Lipinski definition) is 14. The number of rotatable bonds is 17. The molecule has 24 nitrogen and oxygen atoms in total. The maximum atomic E-state index is 14.5. The van der Waals surface area contributed by atoms with Crippen LogP contribution in [0.1, 0.15) is 63.5 Å². The van der Waals surface area contributed by atoms with Crippen molar-refractivity contribution in [1.82, 2.24) is 42.1 Å². The fourth-order valence-electron chi connectivity index (χ4n) is 7.73. The summed E-state index contributed by atoms with van der Waals surface area (Å²) in [5, 5.41) is 28.2. The summed E-state index contributed by atoms with van der Waals surface area (Å²) in [5.41, 5.74) is 22.8. The molecule has 392 valence electrons. The SMILES string of the molecule is CC(C)[C@H]1NC(=O)[C@H](Cc2ccccc2)NC(=O)[C@@H](Cc2ccc(O)cc2)NC(=O)CCSSC[C@@H](C(=O)N2CCC[C@@H]2C(=O)N[C@@H](CCCN=C(N)N)C(=O)NCC(N)=O)NC(=O)[C@H](CC(N)=O)NC1=O. The summed E-state index contributed by atoms with van der Waals surface area (Å²) in [6.45, 7) is 2.91. The minimum absolute atomic E-state index is 0.0150. The molecule has 0 aliphatic carbocycles. The molecule has 2 aromatic carbocycles. The second-order valence-corrected chi connectivity index (χ2v) is 20.1. The summed E-state index contributed by atoms with van der Waals surface area (Å²) in [4.78, 5) is 141. The van der Waals surface area contributed by atoms with Crippen LogP contribution < -0.4 is 60.2 Å². The van der Waals surface area contributed by atoms with Crippen LogP contribution in [0.25, 0.3) is 0 Å². The lowest BCUT2D eigenvalue weighted by Gasteiger charge is -2.31. The van der Waals surface area contributed by atoms with E-state index in [2.05, 4.69) is 42.2 Å². The van der Waals surface area contributed by atoms with Gasteiger partial charge in [0.1, 0.15) is 48.0 Å². The molecule has 10 amide bonds. The largest absolute Gasteiger partial charge is 0.508 e. The Hall–Kier alpha value is -7.09. The number of carbonyl (C=O) groups excluding carboxylic acids is 10. The van der Waals surface area contributed by atoms with Gasteiger partial charge < -0.3 is 70.2 Å². The summed E-state index contributed by atoms with van der Waals surface area (Å²) in [7, 11) is 2.26. The third kappa shape index (κ3) is 18.9. The molecule has 7 atom stereocenters. The highest BCUT2D eigenvalue weighted by atomic mass is 33.1. The van der Waals surface area contributed by atoms with Crippen LogP contribution in [0.4, 0.5) is 0 Å². The highest BCUT2D eigenvalue weighted by molar-refractivity contribution is 8.76. The summed E-state index contributed by atoms with van der Waals surface area (Å²) in [6, 6.07) is 5.53. The van der Waals surface area contributed by atoms with Gasteiger partial charge in [0, 0.05) is 43.9 Å². The average Bonchev–Trinajstić information content (AvgIpc) is 3.83. The lowest BCUT2D eigenvalue weighted by molar-refractivity contribution is -0.142. The first-order chi connectivity index (χ1) is 34.2. The van der Waals surface area contributed by atoms with Crippen molar-refractivity contribution in [2.45, 2.75) is 108 Å². The maximum absolute atomic E-state index is 14.5. The van der Waals surface area contributed by atoms with Crippen molar-refractivity contribution in [3.63, 3.8) is 0 Å².